The monoisotopic (exact) mass is 530 g/mol. The number of nitriles is 1. The van der Waals surface area contributed by atoms with Gasteiger partial charge in [-0.3, -0.25) is 4.79 Å². The molecular weight excluding hydrogens is 502 g/mol. The predicted octanol–water partition coefficient (Wildman–Crippen LogP) is 5.12. The van der Waals surface area contributed by atoms with Crippen LogP contribution in [0.1, 0.15) is 49.0 Å². The molecule has 0 atom stereocenters. The minimum Gasteiger partial charge on any atom is -0.492 e. The van der Waals surface area contributed by atoms with E-state index in [-0.39, 0.29) is 5.56 Å². The molecule has 1 aliphatic rings. The molecule has 39 heavy (non-hydrogen) atoms. The van der Waals surface area contributed by atoms with Crippen molar-refractivity contribution in [2.45, 2.75) is 38.6 Å². The van der Waals surface area contributed by atoms with Crippen LogP contribution in [0.25, 0.3) is 16.6 Å². The molecule has 0 spiro atoms. The Morgan fingerprint density at radius 1 is 1.15 bits per heavy atom. The van der Waals surface area contributed by atoms with Crippen LogP contribution in [0, 0.1) is 23.0 Å². The summed E-state index contributed by atoms with van der Waals surface area (Å²) < 4.78 is 35.1. The number of carbonyl (C=O) groups is 1. The molecule has 1 aliphatic heterocycles. The maximum absolute atomic E-state index is 14.1. The molecule has 1 saturated heterocycles. The van der Waals surface area contributed by atoms with Crippen molar-refractivity contribution in [2.75, 3.05) is 24.6 Å². The van der Waals surface area contributed by atoms with E-state index in [0.29, 0.717) is 55.8 Å². The fraction of sp³-hybridized carbons (Fsp3) is 0.310. The topological polar surface area (TPSA) is 95.5 Å². The van der Waals surface area contributed by atoms with E-state index in [4.69, 9.17) is 9.72 Å². The molecule has 0 bridgehead atoms. The van der Waals surface area contributed by atoms with Gasteiger partial charge >= 0.3 is 0 Å². The standard InChI is InChI=1S/C29H28F2N6O2/c1-3-29(35-28(38)24-13-21(30)6-7-25(24)31)9-11-36(12-10-29)26-8-5-19(16-33-26)23-14-22(39-4-2)18-37-27(23)20(15-32)17-34-37/h5-8,13-14,16-18H,3-4,9-12H2,1-2H3,(H,35,38). The maximum atomic E-state index is 14.1. The lowest BCUT2D eigenvalue weighted by atomic mass is 9.84. The highest BCUT2D eigenvalue weighted by atomic mass is 19.1. The van der Waals surface area contributed by atoms with Crippen LogP contribution in [-0.4, -0.2) is 45.7 Å². The Morgan fingerprint density at radius 3 is 2.62 bits per heavy atom. The van der Waals surface area contributed by atoms with Gasteiger partial charge in [-0.25, -0.2) is 18.3 Å². The van der Waals surface area contributed by atoms with Crippen LogP contribution in [0.3, 0.4) is 0 Å². The number of anilines is 1. The second-order valence-corrected chi connectivity index (χ2v) is 9.59. The Labute approximate surface area is 224 Å². The molecule has 1 aromatic carbocycles. The minimum absolute atomic E-state index is 0.289. The van der Waals surface area contributed by atoms with E-state index >= 15 is 0 Å². The third kappa shape index (κ3) is 5.12. The third-order valence-electron chi connectivity index (χ3n) is 7.35. The summed E-state index contributed by atoms with van der Waals surface area (Å²) in [6.07, 6.45) is 6.98. The lowest BCUT2D eigenvalue weighted by Crippen LogP contribution is -2.55. The predicted molar refractivity (Wildman–Crippen MR) is 143 cm³/mol. The maximum Gasteiger partial charge on any atom is 0.254 e. The molecule has 3 aromatic heterocycles. The van der Waals surface area contributed by atoms with Crippen molar-refractivity contribution < 1.29 is 18.3 Å². The average Bonchev–Trinajstić information content (AvgIpc) is 3.37. The van der Waals surface area contributed by atoms with Gasteiger partial charge in [-0.1, -0.05) is 6.92 Å². The fourth-order valence-electron chi connectivity index (χ4n) is 5.09. The number of ether oxygens (including phenoxy) is 1. The molecule has 200 valence electrons. The molecule has 1 amide bonds. The van der Waals surface area contributed by atoms with Gasteiger partial charge in [0, 0.05) is 36.0 Å². The molecule has 1 N–H and O–H groups in total. The second kappa shape index (κ2) is 10.7. The van der Waals surface area contributed by atoms with Gasteiger partial charge in [0.1, 0.15) is 29.3 Å². The van der Waals surface area contributed by atoms with E-state index in [2.05, 4.69) is 21.4 Å². The zero-order valence-corrected chi connectivity index (χ0v) is 21.7. The van der Waals surface area contributed by atoms with Crippen molar-refractivity contribution in [1.29, 1.82) is 5.26 Å². The highest BCUT2D eigenvalue weighted by Gasteiger charge is 2.35. The van der Waals surface area contributed by atoms with Crippen molar-refractivity contribution in [3.05, 3.63) is 77.8 Å². The summed E-state index contributed by atoms with van der Waals surface area (Å²) in [5.74, 6) is -0.578. The molecule has 4 aromatic rings. The Kier molecular flexibility index (Phi) is 7.15. The van der Waals surface area contributed by atoms with Crippen molar-refractivity contribution in [2.24, 2.45) is 0 Å². The molecule has 4 heterocycles. The number of nitrogens with zero attached hydrogens (tertiary/aromatic N) is 5. The van der Waals surface area contributed by atoms with Gasteiger partial charge in [-0.05, 0) is 62.6 Å². The Bertz CT molecular complexity index is 1550. The van der Waals surface area contributed by atoms with Crippen LogP contribution in [0.2, 0.25) is 0 Å². The van der Waals surface area contributed by atoms with Gasteiger partial charge in [-0.2, -0.15) is 10.4 Å². The van der Waals surface area contributed by atoms with Crippen LogP contribution >= 0.6 is 0 Å². The molecule has 8 nitrogen and oxygen atoms in total. The molecule has 0 radical (unpaired) electrons. The molecule has 0 saturated carbocycles. The number of fused-ring (bicyclic) bond motifs is 1. The quantitative estimate of drug-likeness (QED) is 0.356. The number of carbonyl (C=O) groups excluding carboxylic acids is 1. The van der Waals surface area contributed by atoms with Gasteiger partial charge in [0.05, 0.1) is 35.6 Å². The number of hydrogen-bond acceptors (Lipinski definition) is 6. The van der Waals surface area contributed by atoms with Crippen molar-refractivity contribution in [3.63, 3.8) is 0 Å². The number of piperidine rings is 1. The number of pyridine rings is 2. The number of halogens is 2. The molecule has 10 heteroatoms. The van der Waals surface area contributed by atoms with Crippen LogP contribution in [0.4, 0.5) is 14.6 Å². The smallest absolute Gasteiger partial charge is 0.254 e. The number of nitrogens with one attached hydrogen (secondary N) is 1. The summed E-state index contributed by atoms with van der Waals surface area (Å²) in [5, 5.41) is 16.8. The second-order valence-electron chi connectivity index (χ2n) is 9.59. The van der Waals surface area contributed by atoms with Gasteiger partial charge in [-0.15, -0.1) is 0 Å². The van der Waals surface area contributed by atoms with Gasteiger partial charge in [0.2, 0.25) is 0 Å². The summed E-state index contributed by atoms with van der Waals surface area (Å²) in [6.45, 7) is 5.66. The fourth-order valence-corrected chi connectivity index (χ4v) is 5.09. The number of aromatic nitrogens is 3. The third-order valence-corrected chi connectivity index (χ3v) is 7.35. The van der Waals surface area contributed by atoms with Crippen LogP contribution in [0.15, 0.2) is 55.0 Å². The zero-order valence-electron chi connectivity index (χ0n) is 21.7. The minimum atomic E-state index is -0.747. The first kappa shape index (κ1) is 26.1. The highest BCUT2D eigenvalue weighted by Crippen LogP contribution is 2.33. The van der Waals surface area contributed by atoms with E-state index < -0.39 is 23.1 Å². The molecular formula is C29H28F2N6O2. The van der Waals surface area contributed by atoms with E-state index in [1.807, 2.05) is 32.0 Å². The van der Waals surface area contributed by atoms with Gasteiger partial charge in [0.25, 0.3) is 5.91 Å². The van der Waals surface area contributed by atoms with E-state index in [1.165, 1.54) is 6.20 Å². The summed E-state index contributed by atoms with van der Waals surface area (Å²) in [5.41, 5.74) is 1.96. The first-order valence-electron chi connectivity index (χ1n) is 12.9. The normalized spacial score (nSPS) is 14.7. The summed E-state index contributed by atoms with van der Waals surface area (Å²) in [7, 11) is 0. The van der Waals surface area contributed by atoms with Crippen LogP contribution in [0.5, 0.6) is 5.75 Å². The van der Waals surface area contributed by atoms with E-state index in [1.54, 1.807) is 16.9 Å². The van der Waals surface area contributed by atoms with E-state index in [0.717, 1.165) is 35.1 Å². The number of amides is 1. The molecule has 1 fully saturated rings. The lowest BCUT2D eigenvalue weighted by Gasteiger charge is -2.42. The largest absolute Gasteiger partial charge is 0.492 e. The Hall–Kier alpha value is -4.52. The van der Waals surface area contributed by atoms with Crippen molar-refractivity contribution in [3.8, 4) is 22.9 Å². The van der Waals surface area contributed by atoms with Crippen molar-refractivity contribution in [1.82, 2.24) is 19.9 Å². The molecule has 0 aliphatic carbocycles. The lowest BCUT2D eigenvalue weighted by molar-refractivity contribution is 0.0871. The van der Waals surface area contributed by atoms with Crippen LogP contribution in [-0.2, 0) is 0 Å². The number of hydrogen-bond donors (Lipinski definition) is 1. The first-order valence-corrected chi connectivity index (χ1v) is 12.9. The number of benzene rings is 1. The van der Waals surface area contributed by atoms with Crippen LogP contribution < -0.4 is 15.0 Å². The Morgan fingerprint density at radius 2 is 1.95 bits per heavy atom. The number of rotatable bonds is 7. The first-order chi connectivity index (χ1) is 18.9. The average molecular weight is 531 g/mol. The van der Waals surface area contributed by atoms with Gasteiger partial charge in [0.15, 0.2) is 0 Å². The molecule has 0 unspecified atom stereocenters. The Balaban J connectivity index is 1.33. The molecule has 5 rings (SSSR count). The summed E-state index contributed by atoms with van der Waals surface area (Å²) in [4.78, 5) is 19.6. The summed E-state index contributed by atoms with van der Waals surface area (Å²) in [6, 6.07) is 10.9. The zero-order chi connectivity index (χ0) is 27.6. The highest BCUT2D eigenvalue weighted by molar-refractivity contribution is 5.95. The van der Waals surface area contributed by atoms with Crippen molar-refractivity contribution >= 4 is 17.2 Å². The van der Waals surface area contributed by atoms with E-state index in [9.17, 15) is 18.8 Å². The SMILES string of the molecule is CCOc1cc(-c2ccc(N3CCC(CC)(NC(=O)c4cc(F)ccc4F)CC3)nc2)c2c(C#N)cnn2c1. The van der Waals surface area contributed by atoms with Gasteiger partial charge < -0.3 is 15.0 Å². The summed E-state index contributed by atoms with van der Waals surface area (Å²) >= 11 is 0.